The van der Waals surface area contributed by atoms with Gasteiger partial charge in [-0.3, -0.25) is 9.36 Å². The minimum Gasteiger partial charge on any atom is -0.436 e. The Hall–Kier alpha value is -4.57. The van der Waals surface area contributed by atoms with Crippen LogP contribution in [0.15, 0.2) is 93.2 Å². The van der Waals surface area contributed by atoms with Crippen molar-refractivity contribution in [2.75, 3.05) is 10.6 Å². The molecule has 11 heteroatoms. The number of halogens is 1. The van der Waals surface area contributed by atoms with Crippen molar-refractivity contribution in [2.45, 2.75) is 6.54 Å². The molecular weight excluding hydrogens is 460 g/mol. The van der Waals surface area contributed by atoms with Crippen LogP contribution in [0, 0.1) is 0 Å². The summed E-state index contributed by atoms with van der Waals surface area (Å²) in [5.74, 6) is 1.70. The molecule has 0 fully saturated rings. The van der Waals surface area contributed by atoms with Crippen LogP contribution in [0.4, 0.5) is 23.1 Å². The lowest BCUT2D eigenvalue weighted by molar-refractivity contribution is 0.367. The van der Waals surface area contributed by atoms with E-state index in [1.54, 1.807) is 48.5 Å². The molecule has 2 aromatic carbocycles. The zero-order valence-corrected chi connectivity index (χ0v) is 18.3. The molecule has 5 rings (SSSR count). The average molecular weight is 477 g/mol. The monoisotopic (exact) mass is 476 g/mol. The van der Waals surface area contributed by atoms with Gasteiger partial charge in [-0.1, -0.05) is 28.9 Å². The van der Waals surface area contributed by atoms with Gasteiger partial charge in [0.2, 0.25) is 5.95 Å². The highest BCUT2D eigenvalue weighted by Crippen LogP contribution is 2.23. The Labute approximate surface area is 197 Å². The smallest absolute Gasteiger partial charge is 0.278 e. The zero-order chi connectivity index (χ0) is 23.3. The zero-order valence-electron chi connectivity index (χ0n) is 17.5. The van der Waals surface area contributed by atoms with Crippen LogP contribution in [0.2, 0.25) is 5.02 Å². The maximum absolute atomic E-state index is 13.3. The Morgan fingerprint density at radius 1 is 0.912 bits per heavy atom. The summed E-state index contributed by atoms with van der Waals surface area (Å²) in [5.41, 5.74) is 1.55. The summed E-state index contributed by atoms with van der Waals surface area (Å²) in [7, 11) is 0. The second-order valence-electron chi connectivity index (χ2n) is 7.11. The highest BCUT2D eigenvalue weighted by Gasteiger charge is 2.13. The fourth-order valence-corrected chi connectivity index (χ4v) is 3.25. The lowest BCUT2D eigenvalue weighted by atomic mass is 10.2. The summed E-state index contributed by atoms with van der Waals surface area (Å²) in [6.45, 7) is 0.271. The first-order chi connectivity index (χ1) is 16.6. The van der Waals surface area contributed by atoms with Crippen molar-refractivity contribution < 1.29 is 13.8 Å². The van der Waals surface area contributed by atoms with Gasteiger partial charge in [0.05, 0.1) is 12.7 Å². The molecule has 3 heterocycles. The number of benzene rings is 2. The highest BCUT2D eigenvalue weighted by atomic mass is 35.5. The Morgan fingerprint density at radius 2 is 1.68 bits per heavy atom. The molecule has 0 spiro atoms. The number of hydrogen-bond acceptors (Lipinski definition) is 9. The van der Waals surface area contributed by atoms with Gasteiger partial charge >= 0.3 is 0 Å². The van der Waals surface area contributed by atoms with Crippen molar-refractivity contribution in [3.8, 4) is 11.6 Å². The predicted octanol–water partition coefficient (Wildman–Crippen LogP) is 5.20. The predicted molar refractivity (Wildman–Crippen MR) is 125 cm³/mol. The summed E-state index contributed by atoms with van der Waals surface area (Å²) in [6, 6.07) is 17.6. The number of aromatic nitrogens is 4. The fourth-order valence-electron chi connectivity index (χ4n) is 3.12. The first-order valence-corrected chi connectivity index (χ1v) is 10.5. The molecule has 3 aromatic heterocycles. The summed E-state index contributed by atoms with van der Waals surface area (Å²) >= 11 is 6.01. The SMILES string of the molecule is O=c1c(Nc2ccon2)cnc(Nc2ccc(Oc3ccon3)cc2)n1Cc1ccc(Cl)cc1. The summed E-state index contributed by atoms with van der Waals surface area (Å²) in [6.07, 6.45) is 4.28. The summed E-state index contributed by atoms with van der Waals surface area (Å²) in [4.78, 5) is 17.8. The number of rotatable bonds is 8. The lowest BCUT2D eigenvalue weighted by Gasteiger charge is -2.15. The molecular formula is C23H17ClN6O4. The second kappa shape index (κ2) is 9.51. The number of hydrogen-bond donors (Lipinski definition) is 2. The first-order valence-electron chi connectivity index (χ1n) is 10.1. The second-order valence-corrected chi connectivity index (χ2v) is 7.55. The minimum absolute atomic E-state index is 0.254. The summed E-state index contributed by atoms with van der Waals surface area (Å²) in [5, 5.41) is 14.2. The molecule has 170 valence electrons. The first kappa shape index (κ1) is 21.3. The van der Waals surface area contributed by atoms with E-state index in [-0.39, 0.29) is 17.8 Å². The largest absolute Gasteiger partial charge is 0.436 e. The number of ether oxygens (including phenoxy) is 1. The van der Waals surface area contributed by atoms with Crippen molar-refractivity contribution in [2.24, 2.45) is 0 Å². The van der Waals surface area contributed by atoms with E-state index in [2.05, 4.69) is 25.9 Å². The van der Waals surface area contributed by atoms with Crippen LogP contribution >= 0.6 is 11.6 Å². The maximum Gasteiger partial charge on any atom is 0.278 e. The van der Waals surface area contributed by atoms with E-state index < -0.39 is 0 Å². The standard InChI is InChI=1S/C23H17ClN6O4/c24-16-3-1-15(2-4-16)14-30-22(31)19(27-20-9-11-32-28-20)13-25-23(30)26-17-5-7-18(8-6-17)34-21-10-12-33-29-21/h1-13H,14H2,(H,25,26)(H,27,28). The van der Waals surface area contributed by atoms with Gasteiger partial charge in [-0.2, -0.15) is 0 Å². The molecule has 5 aromatic rings. The van der Waals surface area contributed by atoms with Crippen molar-refractivity contribution in [1.82, 2.24) is 19.9 Å². The van der Waals surface area contributed by atoms with Crippen molar-refractivity contribution in [3.05, 3.63) is 100 Å². The van der Waals surface area contributed by atoms with Crippen LogP contribution < -0.4 is 20.9 Å². The van der Waals surface area contributed by atoms with Gasteiger partial charge in [0.25, 0.3) is 11.4 Å². The third-order valence-electron chi connectivity index (χ3n) is 4.75. The van der Waals surface area contributed by atoms with Crippen LogP contribution in [0.25, 0.3) is 0 Å². The van der Waals surface area contributed by atoms with Crippen LogP contribution in [-0.2, 0) is 6.54 Å². The molecule has 0 amide bonds. The molecule has 0 aliphatic rings. The van der Waals surface area contributed by atoms with E-state index in [4.69, 9.17) is 25.4 Å². The number of nitrogens with zero attached hydrogens (tertiary/aromatic N) is 4. The van der Waals surface area contributed by atoms with Crippen LogP contribution in [-0.4, -0.2) is 19.9 Å². The number of nitrogens with one attached hydrogen (secondary N) is 2. The molecule has 10 nitrogen and oxygen atoms in total. The Balaban J connectivity index is 1.43. The highest BCUT2D eigenvalue weighted by molar-refractivity contribution is 6.30. The van der Waals surface area contributed by atoms with E-state index in [1.807, 2.05) is 12.1 Å². The molecule has 0 aliphatic heterocycles. The molecule has 34 heavy (non-hydrogen) atoms. The minimum atomic E-state index is -0.290. The molecule has 0 saturated heterocycles. The van der Waals surface area contributed by atoms with E-state index in [0.717, 1.165) is 5.56 Å². The van der Waals surface area contributed by atoms with Gasteiger partial charge in [0.1, 0.15) is 24.0 Å². The van der Waals surface area contributed by atoms with Crippen LogP contribution in [0.5, 0.6) is 11.6 Å². The Morgan fingerprint density at radius 3 is 2.38 bits per heavy atom. The quantitative estimate of drug-likeness (QED) is 0.311. The molecule has 0 saturated carbocycles. The Bertz CT molecular complexity index is 1420. The van der Waals surface area contributed by atoms with Gasteiger partial charge in [-0.25, -0.2) is 4.98 Å². The maximum atomic E-state index is 13.3. The van der Waals surface area contributed by atoms with Gasteiger partial charge in [0.15, 0.2) is 5.82 Å². The van der Waals surface area contributed by atoms with Crippen LogP contribution in [0.1, 0.15) is 5.56 Å². The molecule has 0 unspecified atom stereocenters. The third kappa shape index (κ3) is 4.92. The lowest BCUT2D eigenvalue weighted by Crippen LogP contribution is -2.26. The van der Waals surface area contributed by atoms with Crippen molar-refractivity contribution in [3.63, 3.8) is 0 Å². The molecule has 2 N–H and O–H groups in total. The van der Waals surface area contributed by atoms with E-state index in [9.17, 15) is 4.79 Å². The van der Waals surface area contributed by atoms with Gasteiger partial charge in [-0.15, -0.1) is 0 Å². The van der Waals surface area contributed by atoms with E-state index >= 15 is 0 Å². The van der Waals surface area contributed by atoms with E-state index in [1.165, 1.54) is 23.3 Å². The Kier molecular flexibility index (Phi) is 5.95. The average Bonchev–Trinajstić information content (AvgIpc) is 3.55. The van der Waals surface area contributed by atoms with Crippen molar-refractivity contribution >= 4 is 34.7 Å². The van der Waals surface area contributed by atoms with E-state index in [0.29, 0.717) is 34.1 Å². The normalized spacial score (nSPS) is 10.7. The van der Waals surface area contributed by atoms with Crippen LogP contribution in [0.3, 0.4) is 0 Å². The number of anilines is 4. The van der Waals surface area contributed by atoms with Gasteiger partial charge < -0.3 is 24.4 Å². The molecule has 0 atom stereocenters. The molecule has 0 radical (unpaired) electrons. The molecule has 0 aliphatic carbocycles. The van der Waals surface area contributed by atoms with Gasteiger partial charge in [-0.05, 0) is 47.1 Å². The third-order valence-corrected chi connectivity index (χ3v) is 5.00. The fraction of sp³-hybridized carbons (Fsp3) is 0.0435. The van der Waals surface area contributed by atoms with Crippen molar-refractivity contribution in [1.29, 1.82) is 0 Å². The van der Waals surface area contributed by atoms with Gasteiger partial charge in [0, 0.05) is 22.8 Å². The topological polar surface area (TPSA) is 120 Å². The molecule has 0 bridgehead atoms. The summed E-state index contributed by atoms with van der Waals surface area (Å²) < 4.78 is 16.7.